The number of fused-ring (bicyclic) bond motifs is 3. The molecule has 0 unspecified atom stereocenters. The second kappa shape index (κ2) is 8.79. The summed E-state index contributed by atoms with van der Waals surface area (Å²) in [5.74, 6) is 0.197. The average molecular weight is 502 g/mol. The highest BCUT2D eigenvalue weighted by molar-refractivity contribution is 5.89. The Morgan fingerprint density at radius 2 is 1.84 bits per heavy atom. The predicted octanol–water partition coefficient (Wildman–Crippen LogP) is 4.27. The van der Waals surface area contributed by atoms with Crippen molar-refractivity contribution >= 4 is 22.8 Å². The number of rotatable bonds is 4. The maximum absolute atomic E-state index is 14.3. The number of aromatic nitrogens is 5. The van der Waals surface area contributed by atoms with Gasteiger partial charge in [0.25, 0.3) is 0 Å². The molecule has 2 aliphatic rings. The molecule has 0 saturated carbocycles. The molecule has 37 heavy (non-hydrogen) atoms. The molecule has 2 aliphatic heterocycles. The summed E-state index contributed by atoms with van der Waals surface area (Å²) in [6.45, 7) is 7.24. The van der Waals surface area contributed by atoms with E-state index < -0.39 is 5.60 Å². The van der Waals surface area contributed by atoms with Gasteiger partial charge in [-0.05, 0) is 45.4 Å². The van der Waals surface area contributed by atoms with Crippen LogP contribution in [0.15, 0.2) is 55.0 Å². The fourth-order valence-corrected chi connectivity index (χ4v) is 5.19. The molecule has 190 valence electrons. The van der Waals surface area contributed by atoms with Crippen LogP contribution in [0.1, 0.15) is 32.8 Å². The lowest BCUT2D eigenvalue weighted by Gasteiger charge is -2.36. The van der Waals surface area contributed by atoms with Crippen molar-refractivity contribution in [3.8, 4) is 11.5 Å². The molecule has 10 heteroatoms. The minimum absolute atomic E-state index is 0.114. The van der Waals surface area contributed by atoms with E-state index in [1.807, 2.05) is 37.8 Å². The summed E-state index contributed by atoms with van der Waals surface area (Å²) in [6, 6.07) is 10.7. The lowest BCUT2D eigenvalue weighted by molar-refractivity contribution is 0.0214. The Hall–Kier alpha value is -4.08. The molecular formula is C27H28FN7O2. The first-order valence-electron chi connectivity index (χ1n) is 12.4. The molecule has 2 atom stereocenters. The number of carbonyl (C=O) groups is 1. The maximum atomic E-state index is 14.3. The minimum atomic E-state index is -0.510. The van der Waals surface area contributed by atoms with E-state index in [0.29, 0.717) is 29.3 Å². The van der Waals surface area contributed by atoms with Gasteiger partial charge in [-0.25, -0.2) is 28.8 Å². The predicted molar refractivity (Wildman–Crippen MR) is 137 cm³/mol. The molecule has 0 spiro atoms. The highest BCUT2D eigenvalue weighted by Gasteiger charge is 2.46. The summed E-state index contributed by atoms with van der Waals surface area (Å²) in [4.78, 5) is 30.4. The zero-order valence-corrected chi connectivity index (χ0v) is 21.0. The van der Waals surface area contributed by atoms with Crippen LogP contribution in [0.25, 0.3) is 22.6 Å². The quantitative estimate of drug-likeness (QED) is 0.413. The van der Waals surface area contributed by atoms with Crippen LogP contribution >= 0.6 is 0 Å². The Labute approximate surface area is 213 Å². The summed E-state index contributed by atoms with van der Waals surface area (Å²) in [5, 5.41) is 5.52. The van der Waals surface area contributed by atoms with Gasteiger partial charge >= 0.3 is 6.09 Å². The van der Waals surface area contributed by atoms with Crippen molar-refractivity contribution in [1.29, 1.82) is 0 Å². The average Bonchev–Trinajstić information content (AvgIpc) is 3.58. The van der Waals surface area contributed by atoms with Crippen LogP contribution in [-0.4, -0.2) is 66.5 Å². The van der Waals surface area contributed by atoms with Crippen LogP contribution in [0.2, 0.25) is 0 Å². The van der Waals surface area contributed by atoms with Crippen molar-refractivity contribution in [2.75, 3.05) is 18.0 Å². The van der Waals surface area contributed by atoms with Gasteiger partial charge in [0.2, 0.25) is 0 Å². The summed E-state index contributed by atoms with van der Waals surface area (Å²) in [6.07, 6.45) is 5.95. The topological polar surface area (TPSA) is 89.3 Å². The van der Waals surface area contributed by atoms with Gasteiger partial charge in [-0.15, -0.1) is 0 Å². The number of anilines is 1. The number of amides is 1. The first-order chi connectivity index (χ1) is 17.8. The first kappa shape index (κ1) is 23.3. The Morgan fingerprint density at radius 1 is 1.05 bits per heavy atom. The van der Waals surface area contributed by atoms with E-state index in [1.165, 1.54) is 6.07 Å². The van der Waals surface area contributed by atoms with Crippen LogP contribution < -0.4 is 4.90 Å². The number of piperazine rings is 1. The van der Waals surface area contributed by atoms with Crippen LogP contribution in [0.5, 0.6) is 0 Å². The number of benzene rings is 1. The number of hydrogen-bond acceptors (Lipinski definition) is 7. The van der Waals surface area contributed by atoms with E-state index >= 15 is 0 Å². The van der Waals surface area contributed by atoms with Gasteiger partial charge in [0.05, 0.1) is 36.1 Å². The SMILES string of the molecule is CC(C)(C)OC(=O)N1C[C@@H]2C[C@H]1CN2c1cnc(-c2nn(Cc3ccccc3F)c3ncccc23)nc1. The van der Waals surface area contributed by atoms with Crippen molar-refractivity contribution in [3.05, 3.63) is 66.4 Å². The van der Waals surface area contributed by atoms with Crippen LogP contribution in [0.3, 0.4) is 0 Å². The standard InChI is InChI=1S/C27H28FN7O2/c1-27(2,3)37-26(36)34-16-18-11-19(34)15-33(18)20-12-30-24(31-13-20)23-21-8-6-10-29-25(21)35(32-23)14-17-7-4-5-9-22(17)28/h4-10,12-13,18-19H,11,14-16H2,1-3H3/t18-,19-/m0/s1. The number of pyridine rings is 1. The van der Waals surface area contributed by atoms with Gasteiger partial charge in [-0.2, -0.15) is 5.10 Å². The second-order valence-corrected chi connectivity index (χ2v) is 10.6. The zero-order chi connectivity index (χ0) is 25.7. The third kappa shape index (κ3) is 4.36. The van der Waals surface area contributed by atoms with Gasteiger partial charge in [0, 0.05) is 30.9 Å². The molecule has 0 aliphatic carbocycles. The molecule has 6 rings (SSSR count). The molecule has 1 aromatic carbocycles. The van der Waals surface area contributed by atoms with Gasteiger partial charge in [0.1, 0.15) is 17.1 Å². The highest BCUT2D eigenvalue weighted by atomic mass is 19.1. The maximum Gasteiger partial charge on any atom is 0.410 e. The van der Waals surface area contributed by atoms with Crippen LogP contribution in [0, 0.1) is 5.82 Å². The summed E-state index contributed by atoms with van der Waals surface area (Å²) >= 11 is 0. The van der Waals surface area contributed by atoms with Crippen LogP contribution in [-0.2, 0) is 11.3 Å². The summed E-state index contributed by atoms with van der Waals surface area (Å²) in [5.41, 5.74) is 2.18. The molecule has 2 bridgehead atoms. The molecular weight excluding hydrogens is 473 g/mol. The van der Waals surface area contributed by atoms with Crippen molar-refractivity contribution in [2.24, 2.45) is 0 Å². The van der Waals surface area contributed by atoms with E-state index in [9.17, 15) is 9.18 Å². The third-order valence-electron chi connectivity index (χ3n) is 6.84. The fraction of sp³-hybridized carbons (Fsp3) is 0.370. The number of halogens is 1. The molecule has 3 aromatic heterocycles. The monoisotopic (exact) mass is 501 g/mol. The number of ether oxygens (including phenoxy) is 1. The molecule has 2 fully saturated rings. The molecule has 1 amide bonds. The number of nitrogens with zero attached hydrogens (tertiary/aromatic N) is 7. The van der Waals surface area contributed by atoms with Crippen molar-refractivity contribution in [1.82, 2.24) is 29.6 Å². The van der Waals surface area contributed by atoms with Gasteiger partial charge < -0.3 is 14.5 Å². The van der Waals surface area contributed by atoms with E-state index in [4.69, 9.17) is 9.84 Å². The molecule has 5 heterocycles. The van der Waals surface area contributed by atoms with E-state index in [0.717, 1.165) is 24.0 Å². The van der Waals surface area contributed by atoms with Gasteiger partial charge in [0.15, 0.2) is 11.5 Å². The molecule has 9 nitrogen and oxygen atoms in total. The summed E-state index contributed by atoms with van der Waals surface area (Å²) in [7, 11) is 0. The molecule has 0 radical (unpaired) electrons. The van der Waals surface area contributed by atoms with Gasteiger partial charge in [-0.3, -0.25) is 0 Å². The van der Waals surface area contributed by atoms with Crippen molar-refractivity contribution < 1.29 is 13.9 Å². The molecule has 2 saturated heterocycles. The normalized spacial score (nSPS) is 19.1. The van der Waals surface area contributed by atoms with E-state index in [-0.39, 0.29) is 30.5 Å². The lowest BCUT2D eigenvalue weighted by atomic mass is 10.2. The number of likely N-dealkylation sites (tertiary alicyclic amines) is 1. The Morgan fingerprint density at radius 3 is 2.54 bits per heavy atom. The van der Waals surface area contributed by atoms with Gasteiger partial charge in [-0.1, -0.05) is 18.2 Å². The Kier molecular flexibility index (Phi) is 5.54. The van der Waals surface area contributed by atoms with E-state index in [2.05, 4.69) is 19.9 Å². The lowest BCUT2D eigenvalue weighted by Crippen LogP contribution is -2.50. The van der Waals surface area contributed by atoms with Crippen molar-refractivity contribution in [3.63, 3.8) is 0 Å². The molecule has 0 N–H and O–H groups in total. The smallest absolute Gasteiger partial charge is 0.410 e. The van der Waals surface area contributed by atoms with E-state index in [1.54, 1.807) is 41.5 Å². The number of hydrogen-bond donors (Lipinski definition) is 0. The largest absolute Gasteiger partial charge is 0.444 e. The number of carbonyl (C=O) groups excluding carboxylic acids is 1. The first-order valence-corrected chi connectivity index (χ1v) is 12.4. The Bertz CT molecular complexity index is 1460. The molecule has 4 aromatic rings. The highest BCUT2D eigenvalue weighted by Crippen LogP contribution is 2.35. The Balaban J connectivity index is 1.22. The van der Waals surface area contributed by atoms with Crippen LogP contribution in [0.4, 0.5) is 14.9 Å². The second-order valence-electron chi connectivity index (χ2n) is 10.6. The third-order valence-corrected chi connectivity index (χ3v) is 6.84. The fourth-order valence-electron chi connectivity index (χ4n) is 5.19. The minimum Gasteiger partial charge on any atom is -0.444 e. The van der Waals surface area contributed by atoms with Crippen molar-refractivity contribution in [2.45, 2.75) is 51.4 Å². The zero-order valence-electron chi connectivity index (χ0n) is 21.0. The summed E-state index contributed by atoms with van der Waals surface area (Å²) < 4.78 is 21.5.